The van der Waals surface area contributed by atoms with Crippen molar-refractivity contribution in [2.45, 2.75) is 32.7 Å². The standard InChI is InChI=1S/C13H21N3O/c1-5-13(2,3)16(4)12(17)10-8-6-7-9-11(10)15-14/h6-9,15H,5,14H2,1-4H3. The molecule has 1 amide bonds. The molecule has 3 N–H and O–H groups in total. The van der Waals surface area contributed by atoms with Crippen LogP contribution in [0.4, 0.5) is 5.69 Å². The number of amides is 1. The van der Waals surface area contributed by atoms with Gasteiger partial charge < -0.3 is 10.3 Å². The molecule has 0 aliphatic carbocycles. The lowest BCUT2D eigenvalue weighted by Gasteiger charge is -2.35. The topological polar surface area (TPSA) is 58.4 Å². The number of rotatable bonds is 4. The number of anilines is 1. The molecule has 0 aliphatic heterocycles. The molecule has 0 saturated carbocycles. The van der Waals surface area contributed by atoms with Crippen molar-refractivity contribution in [2.24, 2.45) is 5.84 Å². The van der Waals surface area contributed by atoms with E-state index in [0.29, 0.717) is 11.3 Å². The number of nitrogens with zero attached hydrogens (tertiary/aromatic N) is 1. The molecule has 0 atom stereocenters. The highest BCUT2D eigenvalue weighted by Gasteiger charge is 2.27. The summed E-state index contributed by atoms with van der Waals surface area (Å²) in [5.41, 5.74) is 3.63. The largest absolute Gasteiger partial charge is 0.337 e. The van der Waals surface area contributed by atoms with Crippen molar-refractivity contribution in [3.8, 4) is 0 Å². The van der Waals surface area contributed by atoms with Crippen LogP contribution in [0.15, 0.2) is 24.3 Å². The van der Waals surface area contributed by atoms with Crippen molar-refractivity contribution < 1.29 is 4.79 Å². The van der Waals surface area contributed by atoms with Gasteiger partial charge in [0.2, 0.25) is 0 Å². The number of carbonyl (C=O) groups excluding carboxylic acids is 1. The Labute approximate surface area is 103 Å². The fourth-order valence-electron chi connectivity index (χ4n) is 1.49. The van der Waals surface area contributed by atoms with Gasteiger partial charge in [0.1, 0.15) is 0 Å². The lowest BCUT2D eigenvalue weighted by atomic mass is 9.98. The maximum absolute atomic E-state index is 12.4. The number of carbonyl (C=O) groups is 1. The van der Waals surface area contributed by atoms with E-state index >= 15 is 0 Å². The average molecular weight is 235 g/mol. The highest BCUT2D eigenvalue weighted by molar-refractivity contribution is 5.99. The van der Waals surface area contributed by atoms with Crippen LogP contribution in [0, 0.1) is 0 Å². The molecule has 17 heavy (non-hydrogen) atoms. The number of hydrogen-bond acceptors (Lipinski definition) is 3. The molecule has 0 heterocycles. The maximum atomic E-state index is 12.4. The van der Waals surface area contributed by atoms with Gasteiger partial charge in [-0.2, -0.15) is 0 Å². The minimum Gasteiger partial charge on any atom is -0.337 e. The molecule has 0 fully saturated rings. The molecule has 0 aliphatic rings. The fourth-order valence-corrected chi connectivity index (χ4v) is 1.49. The maximum Gasteiger partial charge on any atom is 0.256 e. The van der Waals surface area contributed by atoms with Crippen molar-refractivity contribution >= 4 is 11.6 Å². The van der Waals surface area contributed by atoms with Crippen LogP contribution in [-0.2, 0) is 0 Å². The van der Waals surface area contributed by atoms with E-state index in [2.05, 4.69) is 12.3 Å². The van der Waals surface area contributed by atoms with Gasteiger partial charge in [0.15, 0.2) is 0 Å². The molecule has 0 saturated heterocycles. The molecule has 0 bridgehead atoms. The second-order valence-electron chi connectivity index (χ2n) is 4.72. The van der Waals surface area contributed by atoms with E-state index in [1.165, 1.54) is 0 Å². The number of benzene rings is 1. The molecule has 0 radical (unpaired) electrons. The fraction of sp³-hybridized carbons (Fsp3) is 0.462. The van der Waals surface area contributed by atoms with Gasteiger partial charge >= 0.3 is 0 Å². The first kappa shape index (κ1) is 13.5. The smallest absolute Gasteiger partial charge is 0.256 e. The average Bonchev–Trinajstić information content (AvgIpc) is 2.36. The molecular formula is C13H21N3O. The molecule has 94 valence electrons. The Morgan fingerprint density at radius 3 is 2.53 bits per heavy atom. The number of para-hydroxylation sites is 1. The predicted octanol–water partition coefficient (Wildman–Crippen LogP) is 2.23. The Kier molecular flexibility index (Phi) is 4.12. The second-order valence-corrected chi connectivity index (χ2v) is 4.72. The van der Waals surface area contributed by atoms with Gasteiger partial charge in [-0.25, -0.2) is 0 Å². The van der Waals surface area contributed by atoms with Gasteiger partial charge in [0, 0.05) is 12.6 Å². The van der Waals surface area contributed by atoms with Crippen LogP contribution in [-0.4, -0.2) is 23.4 Å². The van der Waals surface area contributed by atoms with E-state index in [4.69, 9.17) is 5.84 Å². The molecule has 1 aromatic carbocycles. The molecule has 1 rings (SSSR count). The third-order valence-electron chi connectivity index (χ3n) is 3.39. The monoisotopic (exact) mass is 235 g/mol. The molecular weight excluding hydrogens is 214 g/mol. The van der Waals surface area contributed by atoms with Crippen molar-refractivity contribution in [1.82, 2.24) is 4.90 Å². The Hall–Kier alpha value is -1.55. The van der Waals surface area contributed by atoms with Crippen LogP contribution in [0.25, 0.3) is 0 Å². The van der Waals surface area contributed by atoms with Crippen LogP contribution >= 0.6 is 0 Å². The molecule has 0 aromatic heterocycles. The first-order valence-electron chi connectivity index (χ1n) is 5.78. The van der Waals surface area contributed by atoms with Crippen molar-refractivity contribution in [1.29, 1.82) is 0 Å². The van der Waals surface area contributed by atoms with Crippen LogP contribution in [0.2, 0.25) is 0 Å². The normalized spacial score (nSPS) is 11.1. The minimum atomic E-state index is -0.168. The van der Waals surface area contributed by atoms with Gasteiger partial charge in [-0.15, -0.1) is 0 Å². The van der Waals surface area contributed by atoms with E-state index in [9.17, 15) is 4.79 Å². The lowest BCUT2D eigenvalue weighted by molar-refractivity contribution is 0.0621. The van der Waals surface area contributed by atoms with Gasteiger partial charge in [-0.3, -0.25) is 10.6 Å². The summed E-state index contributed by atoms with van der Waals surface area (Å²) >= 11 is 0. The Morgan fingerprint density at radius 2 is 2.00 bits per heavy atom. The van der Waals surface area contributed by atoms with Crippen molar-refractivity contribution in [3.05, 3.63) is 29.8 Å². The van der Waals surface area contributed by atoms with Gasteiger partial charge in [-0.05, 0) is 32.4 Å². The Morgan fingerprint density at radius 1 is 1.41 bits per heavy atom. The molecule has 0 spiro atoms. The number of hydrogen-bond donors (Lipinski definition) is 2. The Balaban J connectivity index is 3.04. The Bertz CT molecular complexity index is 401. The lowest BCUT2D eigenvalue weighted by Crippen LogP contribution is -2.44. The van der Waals surface area contributed by atoms with Gasteiger partial charge in [0.25, 0.3) is 5.91 Å². The number of nitrogens with one attached hydrogen (secondary N) is 1. The highest BCUT2D eigenvalue weighted by Crippen LogP contribution is 2.22. The summed E-state index contributed by atoms with van der Waals surface area (Å²) in [6, 6.07) is 7.25. The summed E-state index contributed by atoms with van der Waals surface area (Å²) in [4.78, 5) is 14.1. The molecule has 1 aromatic rings. The highest BCUT2D eigenvalue weighted by atomic mass is 16.2. The van der Waals surface area contributed by atoms with E-state index in [-0.39, 0.29) is 11.4 Å². The van der Waals surface area contributed by atoms with Crippen LogP contribution in [0.3, 0.4) is 0 Å². The number of hydrazine groups is 1. The summed E-state index contributed by atoms with van der Waals surface area (Å²) in [6.45, 7) is 6.16. The second kappa shape index (κ2) is 5.19. The summed E-state index contributed by atoms with van der Waals surface area (Å²) in [5, 5.41) is 0. The van der Waals surface area contributed by atoms with E-state index in [1.807, 2.05) is 33.0 Å². The molecule has 0 unspecified atom stereocenters. The van der Waals surface area contributed by atoms with E-state index in [1.54, 1.807) is 17.0 Å². The zero-order valence-corrected chi connectivity index (χ0v) is 10.9. The first-order valence-corrected chi connectivity index (χ1v) is 5.78. The molecule has 4 heteroatoms. The van der Waals surface area contributed by atoms with Crippen molar-refractivity contribution in [3.63, 3.8) is 0 Å². The van der Waals surface area contributed by atoms with Crippen LogP contribution in [0.5, 0.6) is 0 Å². The van der Waals surface area contributed by atoms with E-state index < -0.39 is 0 Å². The first-order chi connectivity index (χ1) is 7.94. The van der Waals surface area contributed by atoms with Crippen LogP contribution in [0.1, 0.15) is 37.6 Å². The summed E-state index contributed by atoms with van der Waals surface area (Å²) < 4.78 is 0. The third-order valence-corrected chi connectivity index (χ3v) is 3.39. The SMILES string of the molecule is CCC(C)(C)N(C)C(=O)c1ccccc1NN. The summed E-state index contributed by atoms with van der Waals surface area (Å²) in [5.74, 6) is 5.39. The van der Waals surface area contributed by atoms with Crippen LogP contribution < -0.4 is 11.3 Å². The number of nitrogens with two attached hydrogens (primary N) is 1. The van der Waals surface area contributed by atoms with E-state index in [0.717, 1.165) is 6.42 Å². The zero-order chi connectivity index (χ0) is 13.1. The quantitative estimate of drug-likeness (QED) is 0.621. The zero-order valence-electron chi connectivity index (χ0n) is 10.9. The van der Waals surface area contributed by atoms with Gasteiger partial charge in [0.05, 0.1) is 11.3 Å². The number of nitrogen functional groups attached to an aromatic ring is 1. The van der Waals surface area contributed by atoms with Gasteiger partial charge in [-0.1, -0.05) is 19.1 Å². The van der Waals surface area contributed by atoms with Crippen molar-refractivity contribution in [2.75, 3.05) is 12.5 Å². The minimum absolute atomic E-state index is 0.0228. The summed E-state index contributed by atoms with van der Waals surface area (Å²) in [7, 11) is 1.82. The molecule has 4 nitrogen and oxygen atoms in total. The predicted molar refractivity (Wildman–Crippen MR) is 70.7 cm³/mol. The third kappa shape index (κ3) is 2.77. The summed E-state index contributed by atoms with van der Waals surface area (Å²) in [6.07, 6.45) is 0.896.